The third-order valence-electron chi connectivity index (χ3n) is 6.68. The van der Waals surface area contributed by atoms with E-state index in [9.17, 15) is 22.4 Å². The highest BCUT2D eigenvalue weighted by Crippen LogP contribution is 2.32. The lowest BCUT2D eigenvalue weighted by Crippen LogP contribution is -2.52. The van der Waals surface area contributed by atoms with Crippen molar-refractivity contribution >= 4 is 27.5 Å². The smallest absolute Gasteiger partial charge is 0.264 e. The van der Waals surface area contributed by atoms with E-state index in [2.05, 4.69) is 5.32 Å². The van der Waals surface area contributed by atoms with Crippen molar-refractivity contribution in [3.8, 4) is 5.75 Å². The average Bonchev–Trinajstić information content (AvgIpc) is 2.95. The van der Waals surface area contributed by atoms with Crippen LogP contribution in [0.4, 0.5) is 10.1 Å². The number of carbonyl (C=O) groups excluding carboxylic acids is 2. The van der Waals surface area contributed by atoms with Crippen molar-refractivity contribution in [1.82, 2.24) is 10.2 Å². The van der Waals surface area contributed by atoms with E-state index in [0.29, 0.717) is 12.0 Å². The number of nitrogens with zero attached hydrogens (tertiary/aromatic N) is 2. The summed E-state index contributed by atoms with van der Waals surface area (Å²) in [4.78, 5) is 28.4. The number of nitrogens with one attached hydrogen (secondary N) is 1. The molecule has 0 aliphatic rings. The molecule has 2 atom stereocenters. The maximum Gasteiger partial charge on any atom is 0.264 e. The van der Waals surface area contributed by atoms with Crippen LogP contribution in [-0.4, -0.2) is 50.9 Å². The van der Waals surface area contributed by atoms with E-state index in [-0.39, 0.29) is 34.8 Å². The van der Waals surface area contributed by atoms with Gasteiger partial charge >= 0.3 is 0 Å². The third-order valence-corrected chi connectivity index (χ3v) is 8.45. The fourth-order valence-electron chi connectivity index (χ4n) is 4.02. The van der Waals surface area contributed by atoms with Crippen LogP contribution in [0.5, 0.6) is 5.75 Å². The maximum absolute atomic E-state index is 14.0. The molecule has 8 nitrogen and oxygen atoms in total. The molecule has 2 unspecified atom stereocenters. The van der Waals surface area contributed by atoms with Crippen LogP contribution in [0.3, 0.4) is 0 Å². The first kappa shape index (κ1) is 30.6. The van der Waals surface area contributed by atoms with Gasteiger partial charge in [0.2, 0.25) is 11.8 Å². The Balaban J connectivity index is 2.06. The summed E-state index contributed by atoms with van der Waals surface area (Å²) in [6.07, 6.45) is 0.695. The number of rotatable bonds is 12. The molecular formula is C30H36FN3O5S. The zero-order chi connectivity index (χ0) is 29.4. The van der Waals surface area contributed by atoms with E-state index >= 15 is 0 Å². The van der Waals surface area contributed by atoms with Crippen LogP contribution in [0.15, 0.2) is 77.7 Å². The summed E-state index contributed by atoms with van der Waals surface area (Å²) >= 11 is 0. The molecule has 2 amide bonds. The molecule has 0 saturated heterocycles. The van der Waals surface area contributed by atoms with Gasteiger partial charge in [-0.2, -0.15) is 0 Å². The summed E-state index contributed by atoms with van der Waals surface area (Å²) in [5, 5.41) is 2.88. The summed E-state index contributed by atoms with van der Waals surface area (Å²) in [6, 6.07) is 17.4. The number of hydrogen-bond acceptors (Lipinski definition) is 5. The highest BCUT2D eigenvalue weighted by molar-refractivity contribution is 7.92. The number of anilines is 1. The van der Waals surface area contributed by atoms with E-state index in [4.69, 9.17) is 4.74 Å². The quantitative estimate of drug-likeness (QED) is 0.342. The zero-order valence-electron chi connectivity index (χ0n) is 23.4. The van der Waals surface area contributed by atoms with Crippen molar-refractivity contribution in [3.05, 3.63) is 89.7 Å². The fourth-order valence-corrected chi connectivity index (χ4v) is 5.45. The Morgan fingerprint density at radius 1 is 0.975 bits per heavy atom. The topological polar surface area (TPSA) is 96.0 Å². The Kier molecular flexibility index (Phi) is 10.3. The second kappa shape index (κ2) is 13.4. The minimum atomic E-state index is -4.22. The Morgan fingerprint density at radius 3 is 2.20 bits per heavy atom. The number of sulfonamides is 1. The predicted octanol–water partition coefficient (Wildman–Crippen LogP) is 4.67. The first-order chi connectivity index (χ1) is 19.0. The summed E-state index contributed by atoms with van der Waals surface area (Å²) in [7, 11) is -2.81. The van der Waals surface area contributed by atoms with Gasteiger partial charge in [-0.3, -0.25) is 13.9 Å². The molecule has 10 heteroatoms. The molecule has 0 radical (unpaired) electrons. The van der Waals surface area contributed by atoms with Gasteiger partial charge in [0.15, 0.2) is 0 Å². The van der Waals surface area contributed by atoms with Crippen molar-refractivity contribution in [3.63, 3.8) is 0 Å². The van der Waals surface area contributed by atoms with Crippen LogP contribution in [0, 0.1) is 12.7 Å². The molecule has 0 bridgehead atoms. The summed E-state index contributed by atoms with van der Waals surface area (Å²) in [5.74, 6) is -1.16. The maximum atomic E-state index is 14.0. The number of benzene rings is 3. The number of ether oxygens (including phenoxy) is 1. The van der Waals surface area contributed by atoms with Crippen LogP contribution >= 0.6 is 0 Å². The molecular weight excluding hydrogens is 533 g/mol. The normalized spacial score (nSPS) is 12.8. The molecule has 0 heterocycles. The molecule has 0 fully saturated rings. The first-order valence-electron chi connectivity index (χ1n) is 13.0. The Labute approximate surface area is 235 Å². The second-order valence-corrected chi connectivity index (χ2v) is 11.5. The molecule has 0 aliphatic heterocycles. The van der Waals surface area contributed by atoms with Crippen molar-refractivity contribution in [1.29, 1.82) is 0 Å². The zero-order valence-corrected chi connectivity index (χ0v) is 24.2. The molecule has 40 heavy (non-hydrogen) atoms. The van der Waals surface area contributed by atoms with Gasteiger partial charge in [-0.05, 0) is 69.2 Å². The van der Waals surface area contributed by atoms with Crippen molar-refractivity contribution < 1.29 is 27.1 Å². The standard InChI is InChI=1S/C30H36FN3O5S/c1-6-22(3)32-30(36)23(4)33(19-24-13-15-25(31)16-14-24)29(35)20-34(27-9-7-8-10-28(27)39-5)40(37,38)26-17-11-21(2)12-18-26/h7-18,22-23H,6,19-20H2,1-5H3,(H,32,36). The SMILES string of the molecule is CCC(C)NC(=O)C(C)N(Cc1ccc(F)cc1)C(=O)CN(c1ccccc1OC)S(=O)(=O)c1ccc(C)cc1. The number of para-hydroxylation sites is 2. The largest absolute Gasteiger partial charge is 0.495 e. The number of halogens is 1. The van der Waals surface area contributed by atoms with Crippen LogP contribution in [0.2, 0.25) is 0 Å². The number of hydrogen-bond donors (Lipinski definition) is 1. The molecule has 0 saturated carbocycles. The van der Waals surface area contributed by atoms with Crippen molar-refractivity contribution in [2.24, 2.45) is 0 Å². The fraction of sp³-hybridized carbons (Fsp3) is 0.333. The number of methoxy groups -OCH3 is 1. The molecule has 0 aromatic heterocycles. The van der Waals surface area contributed by atoms with Gasteiger partial charge in [0.05, 0.1) is 17.7 Å². The first-order valence-corrected chi connectivity index (χ1v) is 14.5. The summed E-state index contributed by atoms with van der Waals surface area (Å²) < 4.78 is 47.9. The van der Waals surface area contributed by atoms with Gasteiger partial charge < -0.3 is 15.0 Å². The monoisotopic (exact) mass is 569 g/mol. The molecule has 1 N–H and O–H groups in total. The highest BCUT2D eigenvalue weighted by Gasteiger charge is 2.34. The van der Waals surface area contributed by atoms with Crippen LogP contribution in [0.25, 0.3) is 0 Å². The van der Waals surface area contributed by atoms with Gasteiger partial charge in [0.1, 0.15) is 24.2 Å². The van der Waals surface area contributed by atoms with E-state index in [1.165, 1.54) is 48.4 Å². The Morgan fingerprint density at radius 2 is 1.60 bits per heavy atom. The van der Waals surface area contributed by atoms with E-state index < -0.39 is 34.3 Å². The Hall–Kier alpha value is -3.92. The summed E-state index contributed by atoms with van der Waals surface area (Å²) in [5.41, 5.74) is 1.64. The molecule has 3 rings (SSSR count). The van der Waals surface area contributed by atoms with E-state index in [1.807, 2.05) is 20.8 Å². The van der Waals surface area contributed by atoms with E-state index in [1.54, 1.807) is 43.3 Å². The molecule has 3 aromatic rings. The Bertz CT molecular complexity index is 1410. The molecule has 0 aliphatic carbocycles. The number of amides is 2. The molecule has 0 spiro atoms. The van der Waals surface area contributed by atoms with Gasteiger partial charge in [-0.15, -0.1) is 0 Å². The van der Waals surface area contributed by atoms with Gasteiger partial charge in [-0.1, -0.05) is 48.9 Å². The third kappa shape index (κ3) is 7.38. The molecule has 3 aromatic carbocycles. The number of carbonyl (C=O) groups is 2. The minimum Gasteiger partial charge on any atom is -0.495 e. The second-order valence-electron chi connectivity index (χ2n) is 9.64. The van der Waals surface area contributed by atoms with Gasteiger partial charge in [0.25, 0.3) is 10.0 Å². The highest BCUT2D eigenvalue weighted by atomic mass is 32.2. The van der Waals surface area contributed by atoms with Gasteiger partial charge in [0, 0.05) is 12.6 Å². The average molecular weight is 570 g/mol. The number of aryl methyl sites for hydroxylation is 1. The lowest BCUT2D eigenvalue weighted by Gasteiger charge is -2.32. The van der Waals surface area contributed by atoms with Crippen LogP contribution in [-0.2, 0) is 26.2 Å². The van der Waals surface area contributed by atoms with Crippen molar-refractivity contribution in [2.45, 2.75) is 57.6 Å². The summed E-state index contributed by atoms with van der Waals surface area (Å²) in [6.45, 7) is 6.59. The lowest BCUT2D eigenvalue weighted by atomic mass is 10.1. The van der Waals surface area contributed by atoms with E-state index in [0.717, 1.165) is 9.87 Å². The predicted molar refractivity (Wildman–Crippen MR) is 153 cm³/mol. The van der Waals surface area contributed by atoms with Crippen molar-refractivity contribution in [2.75, 3.05) is 18.0 Å². The lowest BCUT2D eigenvalue weighted by molar-refractivity contribution is -0.139. The molecule has 214 valence electrons. The van der Waals surface area contributed by atoms with Gasteiger partial charge in [-0.25, -0.2) is 12.8 Å². The van der Waals surface area contributed by atoms with Crippen LogP contribution in [0.1, 0.15) is 38.3 Å². The van der Waals surface area contributed by atoms with Crippen LogP contribution < -0.4 is 14.4 Å². The minimum absolute atomic E-state index is 0.00412.